The van der Waals surface area contributed by atoms with Crippen LogP contribution in [0.25, 0.3) is 0 Å². The van der Waals surface area contributed by atoms with E-state index in [-0.39, 0.29) is 24.1 Å². The number of hydrogen-bond acceptors (Lipinski definition) is 4. The Morgan fingerprint density at radius 2 is 2.18 bits per heavy atom. The number of amides is 1. The molecule has 1 heterocycles. The Balaban J connectivity index is 1.98. The van der Waals surface area contributed by atoms with Crippen LogP contribution in [0, 0.1) is 5.82 Å². The zero-order chi connectivity index (χ0) is 16.1. The summed E-state index contributed by atoms with van der Waals surface area (Å²) in [6.07, 6.45) is 1.65. The molecule has 22 heavy (non-hydrogen) atoms. The van der Waals surface area contributed by atoms with E-state index in [4.69, 9.17) is 10.5 Å². The highest BCUT2D eigenvalue weighted by Crippen LogP contribution is 2.21. The molecular weight excluding hydrogens is 285 g/mol. The molecule has 2 rings (SSSR count). The van der Waals surface area contributed by atoms with Crippen molar-refractivity contribution in [3.63, 3.8) is 0 Å². The number of pyridine rings is 1. The van der Waals surface area contributed by atoms with Crippen molar-refractivity contribution in [1.82, 2.24) is 10.3 Å². The van der Waals surface area contributed by atoms with Crippen LogP contribution in [0.15, 0.2) is 36.5 Å². The van der Waals surface area contributed by atoms with Crippen LogP contribution in [-0.2, 0) is 11.2 Å². The maximum atomic E-state index is 13.7. The molecule has 0 spiro atoms. The SMILES string of the molecule is COc1ccc(C(C)NC(=O)Cc2ccc(N)cn2)cc1F. The third-order valence-electron chi connectivity index (χ3n) is 3.24. The van der Waals surface area contributed by atoms with Gasteiger partial charge in [0.1, 0.15) is 0 Å². The molecule has 0 bridgehead atoms. The first kappa shape index (κ1) is 15.8. The van der Waals surface area contributed by atoms with Gasteiger partial charge in [0.2, 0.25) is 5.91 Å². The molecule has 0 fully saturated rings. The van der Waals surface area contributed by atoms with Crippen LogP contribution in [0.2, 0.25) is 0 Å². The summed E-state index contributed by atoms with van der Waals surface area (Å²) in [6.45, 7) is 1.79. The van der Waals surface area contributed by atoms with E-state index in [0.717, 1.165) is 0 Å². The molecule has 1 amide bonds. The van der Waals surface area contributed by atoms with E-state index in [9.17, 15) is 9.18 Å². The summed E-state index contributed by atoms with van der Waals surface area (Å²) in [5.74, 6) is -0.476. The lowest BCUT2D eigenvalue weighted by atomic mass is 10.1. The number of aromatic nitrogens is 1. The van der Waals surface area contributed by atoms with Gasteiger partial charge in [-0.1, -0.05) is 6.07 Å². The summed E-state index contributed by atoms with van der Waals surface area (Å²) in [7, 11) is 1.41. The van der Waals surface area contributed by atoms with Gasteiger partial charge in [0, 0.05) is 5.69 Å². The Kier molecular flexibility index (Phi) is 4.93. The highest BCUT2D eigenvalue weighted by atomic mass is 19.1. The molecule has 2 aromatic rings. The molecule has 0 saturated heterocycles. The Morgan fingerprint density at radius 3 is 2.77 bits per heavy atom. The second-order valence-electron chi connectivity index (χ2n) is 4.94. The van der Waals surface area contributed by atoms with E-state index < -0.39 is 5.82 Å². The molecule has 6 heteroatoms. The summed E-state index contributed by atoms with van der Waals surface area (Å²) in [5.41, 5.74) is 7.38. The molecule has 5 nitrogen and oxygen atoms in total. The van der Waals surface area contributed by atoms with Gasteiger partial charge >= 0.3 is 0 Å². The van der Waals surface area contributed by atoms with Crippen LogP contribution in [0.5, 0.6) is 5.75 Å². The lowest BCUT2D eigenvalue weighted by Gasteiger charge is -2.15. The fourth-order valence-corrected chi connectivity index (χ4v) is 2.03. The molecule has 0 aliphatic carbocycles. The Bertz CT molecular complexity index is 659. The highest BCUT2D eigenvalue weighted by molar-refractivity contribution is 5.78. The lowest BCUT2D eigenvalue weighted by Crippen LogP contribution is -2.28. The fourth-order valence-electron chi connectivity index (χ4n) is 2.03. The summed E-state index contributed by atoms with van der Waals surface area (Å²) in [4.78, 5) is 16.1. The first-order valence-corrected chi connectivity index (χ1v) is 6.83. The van der Waals surface area contributed by atoms with Crippen molar-refractivity contribution in [2.75, 3.05) is 12.8 Å². The van der Waals surface area contributed by atoms with Gasteiger partial charge in [0.25, 0.3) is 0 Å². The van der Waals surface area contributed by atoms with E-state index in [1.54, 1.807) is 25.1 Å². The molecule has 3 N–H and O–H groups in total. The maximum Gasteiger partial charge on any atom is 0.226 e. The first-order valence-electron chi connectivity index (χ1n) is 6.83. The Hall–Kier alpha value is -2.63. The number of halogens is 1. The normalized spacial score (nSPS) is 11.8. The van der Waals surface area contributed by atoms with E-state index in [2.05, 4.69) is 10.3 Å². The minimum atomic E-state index is -0.457. The third-order valence-corrected chi connectivity index (χ3v) is 3.24. The summed E-state index contributed by atoms with van der Waals surface area (Å²) in [5, 5.41) is 2.81. The first-order chi connectivity index (χ1) is 10.5. The summed E-state index contributed by atoms with van der Waals surface area (Å²) >= 11 is 0. The van der Waals surface area contributed by atoms with Crippen molar-refractivity contribution in [3.8, 4) is 5.75 Å². The van der Waals surface area contributed by atoms with Crippen molar-refractivity contribution in [1.29, 1.82) is 0 Å². The van der Waals surface area contributed by atoms with Crippen LogP contribution in [0.3, 0.4) is 0 Å². The van der Waals surface area contributed by atoms with Crippen molar-refractivity contribution in [2.45, 2.75) is 19.4 Å². The number of nitrogens with zero attached hydrogens (tertiary/aromatic N) is 1. The number of benzene rings is 1. The van der Waals surface area contributed by atoms with Crippen molar-refractivity contribution >= 4 is 11.6 Å². The topological polar surface area (TPSA) is 77.2 Å². The maximum absolute atomic E-state index is 13.7. The molecule has 1 unspecified atom stereocenters. The number of methoxy groups -OCH3 is 1. The number of ether oxygens (including phenoxy) is 1. The monoisotopic (exact) mass is 303 g/mol. The second kappa shape index (κ2) is 6.89. The average molecular weight is 303 g/mol. The van der Waals surface area contributed by atoms with Gasteiger partial charge in [0.05, 0.1) is 31.5 Å². The molecule has 1 aromatic heterocycles. The number of anilines is 1. The van der Waals surface area contributed by atoms with E-state index in [1.807, 2.05) is 0 Å². The number of nitrogens with one attached hydrogen (secondary N) is 1. The molecule has 116 valence electrons. The van der Waals surface area contributed by atoms with E-state index in [0.29, 0.717) is 16.9 Å². The van der Waals surface area contributed by atoms with Gasteiger partial charge in [-0.05, 0) is 36.8 Å². The van der Waals surface area contributed by atoms with Gasteiger partial charge in [-0.2, -0.15) is 0 Å². The Morgan fingerprint density at radius 1 is 1.41 bits per heavy atom. The fraction of sp³-hybridized carbons (Fsp3) is 0.250. The number of nitrogen functional groups attached to an aromatic ring is 1. The minimum Gasteiger partial charge on any atom is -0.494 e. The summed E-state index contributed by atoms with van der Waals surface area (Å²) in [6, 6.07) is 7.68. The molecule has 1 atom stereocenters. The second-order valence-corrected chi connectivity index (χ2v) is 4.94. The van der Waals surface area contributed by atoms with Gasteiger partial charge < -0.3 is 15.8 Å². The largest absolute Gasteiger partial charge is 0.494 e. The van der Waals surface area contributed by atoms with Crippen LogP contribution in [0.4, 0.5) is 10.1 Å². The molecule has 0 radical (unpaired) electrons. The van der Waals surface area contributed by atoms with Gasteiger partial charge in [-0.3, -0.25) is 9.78 Å². The number of rotatable bonds is 5. The smallest absolute Gasteiger partial charge is 0.226 e. The van der Waals surface area contributed by atoms with E-state index in [1.165, 1.54) is 25.4 Å². The summed E-state index contributed by atoms with van der Waals surface area (Å²) < 4.78 is 18.5. The number of carbonyl (C=O) groups excluding carboxylic acids is 1. The zero-order valence-electron chi connectivity index (χ0n) is 12.5. The number of hydrogen-bond donors (Lipinski definition) is 2. The zero-order valence-corrected chi connectivity index (χ0v) is 12.5. The van der Waals surface area contributed by atoms with Gasteiger partial charge in [0.15, 0.2) is 11.6 Å². The lowest BCUT2D eigenvalue weighted by molar-refractivity contribution is -0.121. The van der Waals surface area contributed by atoms with Crippen molar-refractivity contribution < 1.29 is 13.9 Å². The van der Waals surface area contributed by atoms with Crippen molar-refractivity contribution in [2.24, 2.45) is 0 Å². The molecule has 0 aliphatic rings. The quantitative estimate of drug-likeness (QED) is 0.888. The number of carbonyl (C=O) groups is 1. The predicted octanol–water partition coefficient (Wildman–Crippen LogP) is 2.23. The highest BCUT2D eigenvalue weighted by Gasteiger charge is 2.13. The van der Waals surface area contributed by atoms with Crippen LogP contribution >= 0.6 is 0 Å². The van der Waals surface area contributed by atoms with Crippen LogP contribution in [-0.4, -0.2) is 18.0 Å². The van der Waals surface area contributed by atoms with Gasteiger partial charge in [-0.25, -0.2) is 4.39 Å². The van der Waals surface area contributed by atoms with E-state index >= 15 is 0 Å². The van der Waals surface area contributed by atoms with Gasteiger partial charge in [-0.15, -0.1) is 0 Å². The number of nitrogens with two attached hydrogens (primary N) is 1. The third kappa shape index (κ3) is 3.94. The van der Waals surface area contributed by atoms with Crippen molar-refractivity contribution in [3.05, 3.63) is 53.6 Å². The van der Waals surface area contributed by atoms with Crippen LogP contribution < -0.4 is 15.8 Å². The predicted molar refractivity (Wildman–Crippen MR) is 81.9 cm³/mol. The van der Waals surface area contributed by atoms with Crippen LogP contribution in [0.1, 0.15) is 24.2 Å². The standard InChI is InChI=1S/C16H18FN3O2/c1-10(11-3-6-15(22-2)14(17)7-11)20-16(21)8-13-5-4-12(18)9-19-13/h3-7,9-10H,8,18H2,1-2H3,(H,20,21). The molecular formula is C16H18FN3O2. The average Bonchev–Trinajstić information content (AvgIpc) is 2.49. The Labute approximate surface area is 128 Å². The molecule has 0 saturated carbocycles. The molecule has 0 aliphatic heterocycles. The molecule has 1 aromatic carbocycles. The minimum absolute atomic E-state index is 0.142.